The Balaban J connectivity index is 2.07. The highest BCUT2D eigenvalue weighted by atomic mass is 32.1. The summed E-state index contributed by atoms with van der Waals surface area (Å²) in [6.07, 6.45) is 0.711. The van der Waals surface area contributed by atoms with Crippen LogP contribution in [0.4, 0.5) is 0 Å². The van der Waals surface area contributed by atoms with Gasteiger partial charge in [-0.3, -0.25) is 4.90 Å². The zero-order valence-electron chi connectivity index (χ0n) is 8.10. The van der Waals surface area contributed by atoms with E-state index in [2.05, 4.69) is 21.7 Å². The quantitative estimate of drug-likeness (QED) is 0.779. The third-order valence-corrected chi connectivity index (χ3v) is 3.49. The van der Waals surface area contributed by atoms with E-state index in [1.807, 2.05) is 0 Å². The number of rotatable bonds is 3. The fourth-order valence-electron chi connectivity index (χ4n) is 2.01. The van der Waals surface area contributed by atoms with Gasteiger partial charge in [0.15, 0.2) is 0 Å². The predicted octanol–water partition coefficient (Wildman–Crippen LogP) is 0.815. The van der Waals surface area contributed by atoms with E-state index < -0.39 is 0 Å². The van der Waals surface area contributed by atoms with Crippen LogP contribution in [0, 0.1) is 0 Å². The van der Waals surface area contributed by atoms with Gasteiger partial charge in [0.2, 0.25) is 0 Å². The SMILES string of the molecule is NCC(c1ccsc1)N1CCC(O)C1. The fourth-order valence-corrected chi connectivity index (χ4v) is 2.72. The first kappa shape index (κ1) is 10.1. The van der Waals surface area contributed by atoms with E-state index in [0.29, 0.717) is 12.6 Å². The maximum Gasteiger partial charge on any atom is 0.0679 e. The molecule has 0 saturated carbocycles. The van der Waals surface area contributed by atoms with Crippen molar-refractivity contribution in [3.63, 3.8) is 0 Å². The Bertz CT molecular complexity index is 276. The van der Waals surface area contributed by atoms with Crippen molar-refractivity contribution >= 4 is 11.3 Å². The molecule has 4 heteroatoms. The molecule has 1 aliphatic rings. The molecule has 14 heavy (non-hydrogen) atoms. The Labute approximate surface area is 88.1 Å². The van der Waals surface area contributed by atoms with E-state index in [4.69, 9.17) is 5.73 Å². The molecule has 1 saturated heterocycles. The molecule has 0 bridgehead atoms. The topological polar surface area (TPSA) is 49.5 Å². The van der Waals surface area contributed by atoms with Gasteiger partial charge in [-0.05, 0) is 28.8 Å². The summed E-state index contributed by atoms with van der Waals surface area (Å²) in [6.45, 7) is 2.35. The van der Waals surface area contributed by atoms with Crippen molar-refractivity contribution in [2.24, 2.45) is 5.73 Å². The number of aliphatic hydroxyl groups excluding tert-OH is 1. The largest absolute Gasteiger partial charge is 0.392 e. The molecule has 2 atom stereocenters. The number of β-amino-alcohol motifs (C(OH)–C–C–N with tert-alkyl or cyclic N) is 1. The van der Waals surface area contributed by atoms with Crippen molar-refractivity contribution < 1.29 is 5.11 Å². The van der Waals surface area contributed by atoms with Crippen molar-refractivity contribution in [3.8, 4) is 0 Å². The average Bonchev–Trinajstić information content (AvgIpc) is 2.79. The fraction of sp³-hybridized carbons (Fsp3) is 0.600. The summed E-state index contributed by atoms with van der Waals surface area (Å²) < 4.78 is 0. The molecule has 2 heterocycles. The Kier molecular flexibility index (Phi) is 3.18. The molecule has 3 nitrogen and oxygen atoms in total. The second kappa shape index (κ2) is 4.40. The molecule has 3 N–H and O–H groups in total. The highest BCUT2D eigenvalue weighted by Gasteiger charge is 2.27. The van der Waals surface area contributed by atoms with Gasteiger partial charge in [-0.2, -0.15) is 11.3 Å². The molecule has 1 aliphatic heterocycles. The number of nitrogens with zero attached hydrogens (tertiary/aromatic N) is 1. The first-order chi connectivity index (χ1) is 6.81. The highest BCUT2D eigenvalue weighted by Crippen LogP contribution is 2.25. The van der Waals surface area contributed by atoms with Crippen LogP contribution in [0.1, 0.15) is 18.0 Å². The van der Waals surface area contributed by atoms with Crippen molar-refractivity contribution in [1.82, 2.24) is 4.90 Å². The summed E-state index contributed by atoms with van der Waals surface area (Å²) >= 11 is 1.70. The lowest BCUT2D eigenvalue weighted by atomic mass is 10.1. The number of thiophene rings is 1. The molecular weight excluding hydrogens is 196 g/mol. The van der Waals surface area contributed by atoms with Crippen LogP contribution < -0.4 is 5.73 Å². The van der Waals surface area contributed by atoms with Crippen LogP contribution >= 0.6 is 11.3 Å². The molecular formula is C10H16N2OS. The molecule has 1 fully saturated rings. The van der Waals surface area contributed by atoms with Gasteiger partial charge in [0, 0.05) is 25.7 Å². The lowest BCUT2D eigenvalue weighted by Gasteiger charge is -2.25. The molecule has 2 rings (SSSR count). The maximum atomic E-state index is 9.46. The van der Waals surface area contributed by atoms with Gasteiger partial charge in [-0.1, -0.05) is 0 Å². The van der Waals surface area contributed by atoms with Crippen LogP contribution in [-0.2, 0) is 0 Å². The Morgan fingerprint density at radius 1 is 1.71 bits per heavy atom. The summed E-state index contributed by atoms with van der Waals surface area (Å²) in [5, 5.41) is 13.7. The van der Waals surface area contributed by atoms with Crippen LogP contribution in [-0.4, -0.2) is 35.7 Å². The number of nitrogens with two attached hydrogens (primary N) is 1. The van der Waals surface area contributed by atoms with E-state index in [1.54, 1.807) is 11.3 Å². The van der Waals surface area contributed by atoms with Gasteiger partial charge in [0.1, 0.15) is 0 Å². The zero-order chi connectivity index (χ0) is 9.97. The van der Waals surface area contributed by atoms with Gasteiger partial charge in [-0.15, -0.1) is 0 Å². The van der Waals surface area contributed by atoms with Crippen LogP contribution in [0.2, 0.25) is 0 Å². The van der Waals surface area contributed by atoms with E-state index in [-0.39, 0.29) is 6.10 Å². The minimum Gasteiger partial charge on any atom is -0.392 e. The summed E-state index contributed by atoms with van der Waals surface area (Å²) in [7, 11) is 0. The van der Waals surface area contributed by atoms with Gasteiger partial charge in [-0.25, -0.2) is 0 Å². The third kappa shape index (κ3) is 1.98. The monoisotopic (exact) mass is 212 g/mol. The first-order valence-corrected chi connectivity index (χ1v) is 5.90. The minimum absolute atomic E-state index is 0.164. The van der Waals surface area contributed by atoms with Gasteiger partial charge in [0.25, 0.3) is 0 Å². The highest BCUT2D eigenvalue weighted by molar-refractivity contribution is 7.07. The minimum atomic E-state index is -0.164. The molecule has 1 aromatic heterocycles. The smallest absolute Gasteiger partial charge is 0.0679 e. The molecule has 0 radical (unpaired) electrons. The van der Waals surface area contributed by atoms with Crippen molar-refractivity contribution in [3.05, 3.63) is 22.4 Å². The summed E-state index contributed by atoms with van der Waals surface area (Å²) in [5.41, 5.74) is 7.05. The molecule has 0 aliphatic carbocycles. The summed E-state index contributed by atoms with van der Waals surface area (Å²) in [4.78, 5) is 2.27. The van der Waals surface area contributed by atoms with E-state index in [9.17, 15) is 5.11 Å². The zero-order valence-corrected chi connectivity index (χ0v) is 8.91. The van der Waals surface area contributed by atoms with Crippen LogP contribution in [0.3, 0.4) is 0 Å². The lowest BCUT2D eigenvalue weighted by molar-refractivity contribution is 0.160. The van der Waals surface area contributed by atoms with E-state index >= 15 is 0 Å². The van der Waals surface area contributed by atoms with Crippen molar-refractivity contribution in [1.29, 1.82) is 0 Å². The second-order valence-corrected chi connectivity index (χ2v) is 4.53. The number of hydrogen-bond donors (Lipinski definition) is 2. The Morgan fingerprint density at radius 3 is 3.07 bits per heavy atom. The number of hydrogen-bond acceptors (Lipinski definition) is 4. The number of aliphatic hydroxyl groups is 1. The summed E-state index contributed by atoms with van der Waals surface area (Å²) in [5.74, 6) is 0. The van der Waals surface area contributed by atoms with Crippen LogP contribution in [0.25, 0.3) is 0 Å². The predicted molar refractivity (Wildman–Crippen MR) is 58.3 cm³/mol. The van der Waals surface area contributed by atoms with Gasteiger partial charge >= 0.3 is 0 Å². The first-order valence-electron chi connectivity index (χ1n) is 4.95. The third-order valence-electron chi connectivity index (χ3n) is 2.79. The summed E-state index contributed by atoms with van der Waals surface area (Å²) in [6, 6.07) is 2.41. The Hall–Kier alpha value is -0.420. The van der Waals surface area contributed by atoms with E-state index in [0.717, 1.165) is 19.5 Å². The molecule has 0 spiro atoms. The average molecular weight is 212 g/mol. The second-order valence-electron chi connectivity index (χ2n) is 3.75. The standard InChI is InChI=1S/C10H16N2OS/c11-5-10(8-2-4-14-7-8)12-3-1-9(13)6-12/h2,4,7,9-10,13H,1,3,5-6,11H2. The van der Waals surface area contributed by atoms with Gasteiger partial charge < -0.3 is 10.8 Å². The van der Waals surface area contributed by atoms with Crippen LogP contribution in [0.5, 0.6) is 0 Å². The lowest BCUT2D eigenvalue weighted by Crippen LogP contribution is -2.32. The van der Waals surface area contributed by atoms with Crippen molar-refractivity contribution in [2.75, 3.05) is 19.6 Å². The van der Waals surface area contributed by atoms with E-state index in [1.165, 1.54) is 5.56 Å². The Morgan fingerprint density at radius 2 is 2.57 bits per heavy atom. The van der Waals surface area contributed by atoms with Crippen LogP contribution in [0.15, 0.2) is 16.8 Å². The molecule has 1 aromatic rings. The van der Waals surface area contributed by atoms with Gasteiger partial charge in [0.05, 0.1) is 6.10 Å². The molecule has 0 aromatic carbocycles. The molecule has 78 valence electrons. The number of likely N-dealkylation sites (tertiary alicyclic amines) is 1. The molecule has 0 amide bonds. The van der Waals surface area contributed by atoms with Crippen molar-refractivity contribution in [2.45, 2.75) is 18.6 Å². The maximum absolute atomic E-state index is 9.46. The molecule has 2 unspecified atom stereocenters. The normalized spacial score (nSPS) is 25.4.